The molecule has 10 heteroatoms. The van der Waals surface area contributed by atoms with E-state index in [9.17, 15) is 19.2 Å². The van der Waals surface area contributed by atoms with Crippen LogP contribution in [0.1, 0.15) is 72.8 Å². The van der Waals surface area contributed by atoms with E-state index >= 15 is 0 Å². The molecule has 1 unspecified atom stereocenters. The number of pyridine rings is 1. The van der Waals surface area contributed by atoms with Gasteiger partial charge in [0.2, 0.25) is 5.91 Å². The van der Waals surface area contributed by atoms with E-state index in [4.69, 9.17) is 21.1 Å². The minimum atomic E-state index is -0.925. The largest absolute Gasteiger partial charge is 0.443 e. The summed E-state index contributed by atoms with van der Waals surface area (Å²) in [5.74, 6) is -0.751. The highest BCUT2D eigenvalue weighted by Gasteiger charge is 2.34. The van der Waals surface area contributed by atoms with Crippen molar-refractivity contribution in [3.05, 3.63) is 23.9 Å². The molecule has 1 atom stereocenters. The van der Waals surface area contributed by atoms with Crippen LogP contribution >= 0.6 is 11.6 Å². The van der Waals surface area contributed by atoms with Crippen molar-refractivity contribution in [3.8, 4) is 0 Å². The highest BCUT2D eigenvalue weighted by atomic mass is 35.5. The molecule has 0 bridgehead atoms. The molecule has 1 aliphatic carbocycles. The van der Waals surface area contributed by atoms with Crippen LogP contribution in [0.4, 0.5) is 15.4 Å². The first-order chi connectivity index (χ1) is 16.2. The van der Waals surface area contributed by atoms with Crippen molar-refractivity contribution in [1.29, 1.82) is 0 Å². The molecule has 0 spiro atoms. The zero-order valence-corrected chi connectivity index (χ0v) is 22.1. The van der Waals surface area contributed by atoms with Gasteiger partial charge in [-0.1, -0.05) is 18.9 Å². The molecule has 1 aromatic heterocycles. The number of nitrogens with zero attached hydrogens (tertiary/aromatic N) is 2. The maximum absolute atomic E-state index is 12.8. The summed E-state index contributed by atoms with van der Waals surface area (Å²) in [7, 11) is 0. The summed E-state index contributed by atoms with van der Waals surface area (Å²) < 4.78 is 10.7. The third kappa shape index (κ3) is 9.12. The number of Topliss-reactive ketones (excluding diaryl/α,β-unsaturated/α-hetero) is 1. The van der Waals surface area contributed by atoms with Gasteiger partial charge in [0, 0.05) is 18.5 Å². The van der Waals surface area contributed by atoms with Crippen molar-refractivity contribution >= 4 is 41.3 Å². The SMILES string of the molecule is CC(C)(C)OC(=O)N(C(=O)OC(C)(C)C)c1ccc(CC(NC(=O)C2CCCC2)C(=O)CCl)cn1. The molecule has 1 aromatic rings. The van der Waals surface area contributed by atoms with Gasteiger partial charge in [-0.2, -0.15) is 4.90 Å². The van der Waals surface area contributed by atoms with Gasteiger partial charge < -0.3 is 14.8 Å². The van der Waals surface area contributed by atoms with E-state index in [-0.39, 0.29) is 35.7 Å². The van der Waals surface area contributed by atoms with E-state index in [1.54, 1.807) is 47.6 Å². The van der Waals surface area contributed by atoms with Gasteiger partial charge >= 0.3 is 12.2 Å². The van der Waals surface area contributed by atoms with Crippen LogP contribution in [0.5, 0.6) is 0 Å². The van der Waals surface area contributed by atoms with Gasteiger partial charge in [0.15, 0.2) is 5.78 Å². The third-order valence-electron chi connectivity index (χ3n) is 5.19. The molecule has 194 valence electrons. The monoisotopic (exact) mass is 509 g/mol. The molecule has 1 N–H and O–H groups in total. The average molecular weight is 510 g/mol. The summed E-state index contributed by atoms with van der Waals surface area (Å²) in [6.45, 7) is 10.1. The van der Waals surface area contributed by atoms with Crippen molar-refractivity contribution in [1.82, 2.24) is 10.3 Å². The third-order valence-corrected chi connectivity index (χ3v) is 5.46. The van der Waals surface area contributed by atoms with Crippen LogP contribution in [-0.4, -0.2) is 52.0 Å². The van der Waals surface area contributed by atoms with Crippen molar-refractivity contribution in [2.24, 2.45) is 5.92 Å². The Labute approximate surface area is 211 Å². The van der Waals surface area contributed by atoms with Crippen LogP contribution in [0.2, 0.25) is 0 Å². The minimum absolute atomic E-state index is 0.00691. The smallest absolute Gasteiger partial charge is 0.425 e. The molecule has 3 amide bonds. The molecule has 0 aliphatic heterocycles. The topological polar surface area (TPSA) is 115 Å². The summed E-state index contributed by atoms with van der Waals surface area (Å²) in [5, 5.41) is 2.82. The molecular weight excluding hydrogens is 474 g/mol. The second-order valence-corrected chi connectivity index (χ2v) is 10.9. The van der Waals surface area contributed by atoms with Gasteiger partial charge in [0.25, 0.3) is 0 Å². The molecule has 35 heavy (non-hydrogen) atoms. The summed E-state index contributed by atoms with van der Waals surface area (Å²) in [5.41, 5.74) is -1.06. The minimum Gasteiger partial charge on any atom is -0.443 e. The summed E-state index contributed by atoms with van der Waals surface area (Å²) in [6.07, 6.45) is 3.40. The molecule has 1 fully saturated rings. The Bertz CT molecular complexity index is 887. The molecule has 1 aliphatic rings. The molecule has 1 saturated carbocycles. The number of rotatable bonds is 7. The summed E-state index contributed by atoms with van der Waals surface area (Å²) in [6, 6.07) is 2.30. The van der Waals surface area contributed by atoms with Gasteiger partial charge in [-0.3, -0.25) is 9.59 Å². The molecule has 0 saturated heterocycles. The van der Waals surface area contributed by atoms with Crippen LogP contribution in [0, 0.1) is 5.92 Å². The second-order valence-electron chi connectivity index (χ2n) is 10.7. The Kier molecular flexibility index (Phi) is 9.66. The molecule has 9 nitrogen and oxygen atoms in total. The number of aromatic nitrogens is 1. The summed E-state index contributed by atoms with van der Waals surface area (Å²) >= 11 is 5.77. The summed E-state index contributed by atoms with van der Waals surface area (Å²) in [4.78, 5) is 55.5. The highest BCUT2D eigenvalue weighted by Crippen LogP contribution is 2.25. The fraction of sp³-hybridized carbons (Fsp3) is 0.640. The maximum atomic E-state index is 12.8. The van der Waals surface area contributed by atoms with Gasteiger partial charge in [-0.05, 0) is 66.0 Å². The zero-order chi connectivity index (χ0) is 26.4. The Morgan fingerprint density at radius 2 is 1.57 bits per heavy atom. The number of ether oxygens (including phenoxy) is 2. The number of hydrogen-bond donors (Lipinski definition) is 1. The van der Waals surface area contributed by atoms with E-state index < -0.39 is 29.4 Å². The number of anilines is 1. The van der Waals surface area contributed by atoms with Crippen molar-refractivity contribution in [2.45, 2.75) is 90.9 Å². The molecule has 0 radical (unpaired) electrons. The first kappa shape index (κ1) is 28.6. The van der Waals surface area contributed by atoms with Crippen LogP contribution < -0.4 is 10.2 Å². The number of halogens is 1. The first-order valence-corrected chi connectivity index (χ1v) is 12.3. The predicted molar refractivity (Wildman–Crippen MR) is 133 cm³/mol. The molecule has 1 heterocycles. The van der Waals surface area contributed by atoms with Crippen molar-refractivity contribution in [3.63, 3.8) is 0 Å². The lowest BCUT2D eigenvalue weighted by atomic mass is 10.0. The fourth-order valence-electron chi connectivity index (χ4n) is 3.60. The second kappa shape index (κ2) is 11.8. The van der Waals surface area contributed by atoms with Crippen LogP contribution in [-0.2, 0) is 25.5 Å². The van der Waals surface area contributed by atoms with E-state index in [2.05, 4.69) is 10.3 Å². The van der Waals surface area contributed by atoms with Gasteiger partial charge in [0.1, 0.15) is 17.0 Å². The van der Waals surface area contributed by atoms with Crippen molar-refractivity contribution in [2.75, 3.05) is 10.8 Å². The van der Waals surface area contributed by atoms with E-state index in [1.807, 2.05) is 0 Å². The lowest BCUT2D eigenvalue weighted by Gasteiger charge is -2.28. The molecular formula is C25H36ClN3O6. The Balaban J connectivity index is 2.22. The number of carbonyl (C=O) groups is 4. The van der Waals surface area contributed by atoms with Gasteiger partial charge in [-0.25, -0.2) is 14.6 Å². The van der Waals surface area contributed by atoms with Crippen LogP contribution in [0.25, 0.3) is 0 Å². The molecule has 0 aromatic carbocycles. The zero-order valence-electron chi connectivity index (χ0n) is 21.4. The first-order valence-electron chi connectivity index (χ1n) is 11.8. The Hall–Kier alpha value is -2.68. The Morgan fingerprint density at radius 1 is 1.03 bits per heavy atom. The van der Waals surface area contributed by atoms with Gasteiger partial charge in [0.05, 0.1) is 11.9 Å². The highest BCUT2D eigenvalue weighted by molar-refractivity contribution is 6.28. The quantitative estimate of drug-likeness (QED) is 0.525. The number of nitrogens with one attached hydrogen (secondary N) is 1. The number of amides is 3. The van der Waals surface area contributed by atoms with E-state index in [0.717, 1.165) is 30.6 Å². The lowest BCUT2D eigenvalue weighted by Crippen LogP contribution is -2.45. The standard InChI is InChI=1S/C25H36ClN3O6/c1-24(2,3)34-22(32)29(23(33)35-25(4,5)6)20-12-11-16(15-27-20)13-18(19(30)14-26)28-21(31)17-9-7-8-10-17/h11-12,15,17-18H,7-10,13-14H2,1-6H3,(H,28,31). The number of carbonyl (C=O) groups excluding carboxylic acids is 4. The maximum Gasteiger partial charge on any atom is 0.425 e. The van der Waals surface area contributed by atoms with E-state index in [1.165, 1.54) is 12.3 Å². The van der Waals surface area contributed by atoms with Crippen molar-refractivity contribution < 1.29 is 28.7 Å². The van der Waals surface area contributed by atoms with Crippen LogP contribution in [0.15, 0.2) is 18.3 Å². The Morgan fingerprint density at radius 3 is 2.00 bits per heavy atom. The predicted octanol–water partition coefficient (Wildman–Crippen LogP) is 4.78. The molecule has 2 rings (SSSR count). The normalized spacial score (nSPS) is 15.3. The average Bonchev–Trinajstić information content (AvgIpc) is 3.26. The number of hydrogen-bond acceptors (Lipinski definition) is 7. The number of imide groups is 1. The van der Waals surface area contributed by atoms with Gasteiger partial charge in [-0.15, -0.1) is 11.6 Å². The fourth-order valence-corrected chi connectivity index (χ4v) is 3.78. The van der Waals surface area contributed by atoms with Crippen LogP contribution in [0.3, 0.4) is 0 Å². The number of alkyl halides is 1. The lowest BCUT2D eigenvalue weighted by molar-refractivity contribution is -0.129. The number of ketones is 1. The van der Waals surface area contributed by atoms with E-state index in [0.29, 0.717) is 5.56 Å².